The molecule has 1 aromatic heterocycles. The molecule has 1 heterocycles. The van der Waals surface area contributed by atoms with Gasteiger partial charge in [0.1, 0.15) is 5.82 Å². The summed E-state index contributed by atoms with van der Waals surface area (Å²) in [7, 11) is 0. The molecule has 0 fully saturated rings. The molecular formula is C15H9FN2. The standard InChI is InChI=1S/C15H9FN2/c16-13-5-1-3-10(9-17)15(13)12-4-2-6-14-11(12)7-8-18-14/h1-8,18H. The van der Waals surface area contributed by atoms with Crippen molar-refractivity contribution >= 4 is 10.9 Å². The smallest absolute Gasteiger partial charge is 0.132 e. The first kappa shape index (κ1) is 10.5. The van der Waals surface area contributed by atoms with Crippen LogP contribution in [0.25, 0.3) is 22.0 Å². The number of hydrogen-bond acceptors (Lipinski definition) is 1. The van der Waals surface area contributed by atoms with Gasteiger partial charge in [-0.15, -0.1) is 0 Å². The molecule has 2 aromatic carbocycles. The minimum Gasteiger partial charge on any atom is -0.361 e. The summed E-state index contributed by atoms with van der Waals surface area (Å²) in [6, 6.07) is 14.1. The zero-order chi connectivity index (χ0) is 12.5. The lowest BCUT2D eigenvalue weighted by atomic mass is 9.97. The van der Waals surface area contributed by atoms with Crippen molar-refractivity contribution in [3.8, 4) is 17.2 Å². The number of H-pyrrole nitrogens is 1. The van der Waals surface area contributed by atoms with Crippen LogP contribution in [-0.2, 0) is 0 Å². The largest absolute Gasteiger partial charge is 0.361 e. The zero-order valence-electron chi connectivity index (χ0n) is 9.44. The molecule has 0 aliphatic carbocycles. The van der Waals surface area contributed by atoms with Gasteiger partial charge in [0.15, 0.2) is 0 Å². The first-order valence-electron chi connectivity index (χ1n) is 5.56. The minimum atomic E-state index is -0.372. The summed E-state index contributed by atoms with van der Waals surface area (Å²) in [5, 5.41) is 10.0. The van der Waals surface area contributed by atoms with Crippen LogP contribution >= 0.6 is 0 Å². The van der Waals surface area contributed by atoms with Gasteiger partial charge < -0.3 is 4.98 Å². The van der Waals surface area contributed by atoms with Crippen LogP contribution < -0.4 is 0 Å². The van der Waals surface area contributed by atoms with E-state index in [1.54, 1.807) is 18.3 Å². The van der Waals surface area contributed by atoms with E-state index in [1.165, 1.54) is 6.07 Å². The summed E-state index contributed by atoms with van der Waals surface area (Å²) in [5.74, 6) is -0.372. The van der Waals surface area contributed by atoms with Crippen molar-refractivity contribution < 1.29 is 4.39 Å². The van der Waals surface area contributed by atoms with E-state index >= 15 is 0 Å². The van der Waals surface area contributed by atoms with E-state index in [0.717, 1.165) is 16.5 Å². The van der Waals surface area contributed by atoms with Crippen molar-refractivity contribution in [1.29, 1.82) is 5.26 Å². The fourth-order valence-corrected chi connectivity index (χ4v) is 2.19. The SMILES string of the molecule is N#Cc1cccc(F)c1-c1cccc2[nH]ccc12. The Kier molecular flexibility index (Phi) is 2.35. The Hall–Kier alpha value is -2.60. The molecule has 0 spiro atoms. The molecule has 0 saturated heterocycles. The molecule has 86 valence electrons. The normalized spacial score (nSPS) is 10.4. The van der Waals surface area contributed by atoms with Crippen LogP contribution in [0.4, 0.5) is 4.39 Å². The molecule has 3 heteroatoms. The highest BCUT2D eigenvalue weighted by molar-refractivity contribution is 5.96. The van der Waals surface area contributed by atoms with Crippen LogP contribution in [0.1, 0.15) is 5.56 Å². The van der Waals surface area contributed by atoms with Crippen molar-refractivity contribution in [2.75, 3.05) is 0 Å². The Morgan fingerprint density at radius 2 is 1.89 bits per heavy atom. The van der Waals surface area contributed by atoms with Crippen LogP contribution in [0.5, 0.6) is 0 Å². The molecule has 0 aliphatic rings. The Labute approximate surface area is 103 Å². The van der Waals surface area contributed by atoms with E-state index in [-0.39, 0.29) is 5.82 Å². The second kappa shape index (κ2) is 4.01. The highest BCUT2D eigenvalue weighted by Gasteiger charge is 2.13. The van der Waals surface area contributed by atoms with Crippen LogP contribution in [0.3, 0.4) is 0 Å². The van der Waals surface area contributed by atoms with E-state index in [9.17, 15) is 4.39 Å². The van der Waals surface area contributed by atoms with Gasteiger partial charge in [-0.25, -0.2) is 4.39 Å². The number of nitrogens with one attached hydrogen (secondary N) is 1. The minimum absolute atomic E-state index is 0.351. The van der Waals surface area contributed by atoms with E-state index < -0.39 is 0 Å². The fourth-order valence-electron chi connectivity index (χ4n) is 2.19. The third kappa shape index (κ3) is 1.47. The summed E-state index contributed by atoms with van der Waals surface area (Å²) in [6.45, 7) is 0. The Bertz CT molecular complexity index is 766. The van der Waals surface area contributed by atoms with Crippen LogP contribution in [0.2, 0.25) is 0 Å². The Morgan fingerprint density at radius 1 is 1.06 bits per heavy atom. The van der Waals surface area contributed by atoms with Gasteiger partial charge in [0, 0.05) is 22.7 Å². The van der Waals surface area contributed by atoms with Crippen molar-refractivity contribution in [1.82, 2.24) is 4.98 Å². The van der Waals surface area contributed by atoms with E-state index in [0.29, 0.717) is 11.1 Å². The number of benzene rings is 2. The summed E-state index contributed by atoms with van der Waals surface area (Å²) < 4.78 is 14.0. The highest BCUT2D eigenvalue weighted by Crippen LogP contribution is 2.32. The number of halogens is 1. The summed E-state index contributed by atoms with van der Waals surface area (Å²) in [5.41, 5.74) is 2.39. The van der Waals surface area contributed by atoms with Crippen molar-refractivity contribution in [2.24, 2.45) is 0 Å². The molecule has 1 N–H and O–H groups in total. The number of aromatic amines is 1. The van der Waals surface area contributed by atoms with E-state index in [4.69, 9.17) is 5.26 Å². The van der Waals surface area contributed by atoms with Gasteiger partial charge >= 0.3 is 0 Å². The summed E-state index contributed by atoms with van der Waals surface area (Å²) in [4.78, 5) is 3.08. The second-order valence-corrected chi connectivity index (χ2v) is 4.02. The van der Waals surface area contributed by atoms with Crippen LogP contribution in [0, 0.1) is 17.1 Å². The maximum Gasteiger partial charge on any atom is 0.132 e. The van der Waals surface area contributed by atoms with Gasteiger partial charge in [-0.2, -0.15) is 5.26 Å². The quantitative estimate of drug-likeness (QED) is 0.685. The molecule has 0 atom stereocenters. The average molecular weight is 236 g/mol. The van der Waals surface area contributed by atoms with Gasteiger partial charge in [-0.1, -0.05) is 18.2 Å². The summed E-state index contributed by atoms with van der Waals surface area (Å²) in [6.07, 6.45) is 1.81. The third-order valence-corrected chi connectivity index (χ3v) is 3.00. The summed E-state index contributed by atoms with van der Waals surface area (Å²) >= 11 is 0. The molecule has 0 saturated carbocycles. The first-order chi connectivity index (χ1) is 8.81. The predicted octanol–water partition coefficient (Wildman–Crippen LogP) is 3.85. The van der Waals surface area contributed by atoms with Crippen molar-refractivity contribution in [2.45, 2.75) is 0 Å². The van der Waals surface area contributed by atoms with E-state index in [1.807, 2.05) is 30.3 Å². The second-order valence-electron chi connectivity index (χ2n) is 4.02. The Balaban J connectivity index is 2.40. The highest BCUT2D eigenvalue weighted by atomic mass is 19.1. The van der Waals surface area contributed by atoms with Crippen LogP contribution in [0.15, 0.2) is 48.7 Å². The van der Waals surface area contributed by atoms with Gasteiger partial charge in [0.25, 0.3) is 0 Å². The lowest BCUT2D eigenvalue weighted by molar-refractivity contribution is 0.631. The monoisotopic (exact) mass is 236 g/mol. The zero-order valence-corrected chi connectivity index (χ0v) is 9.44. The fraction of sp³-hybridized carbons (Fsp3) is 0. The lowest BCUT2D eigenvalue weighted by Crippen LogP contribution is -1.90. The molecule has 18 heavy (non-hydrogen) atoms. The third-order valence-electron chi connectivity index (χ3n) is 3.00. The van der Waals surface area contributed by atoms with E-state index in [2.05, 4.69) is 4.98 Å². The van der Waals surface area contributed by atoms with Crippen molar-refractivity contribution in [3.05, 3.63) is 60.0 Å². The van der Waals surface area contributed by atoms with Crippen molar-refractivity contribution in [3.63, 3.8) is 0 Å². The number of rotatable bonds is 1. The molecule has 2 nitrogen and oxygen atoms in total. The number of aromatic nitrogens is 1. The predicted molar refractivity (Wildman–Crippen MR) is 68.4 cm³/mol. The van der Waals surface area contributed by atoms with Gasteiger partial charge in [0.05, 0.1) is 11.6 Å². The molecule has 0 amide bonds. The van der Waals surface area contributed by atoms with Gasteiger partial charge in [0.2, 0.25) is 0 Å². The molecule has 0 bridgehead atoms. The topological polar surface area (TPSA) is 39.6 Å². The maximum atomic E-state index is 14.0. The first-order valence-corrected chi connectivity index (χ1v) is 5.56. The van der Waals surface area contributed by atoms with Crippen LogP contribution in [-0.4, -0.2) is 4.98 Å². The lowest BCUT2D eigenvalue weighted by Gasteiger charge is -2.07. The molecule has 0 radical (unpaired) electrons. The number of nitrogens with zero attached hydrogens (tertiary/aromatic N) is 1. The van der Waals surface area contributed by atoms with Gasteiger partial charge in [-0.3, -0.25) is 0 Å². The molecule has 3 rings (SSSR count). The molecular weight excluding hydrogens is 227 g/mol. The Morgan fingerprint density at radius 3 is 2.72 bits per heavy atom. The number of nitriles is 1. The molecule has 0 aliphatic heterocycles. The number of fused-ring (bicyclic) bond motifs is 1. The molecule has 0 unspecified atom stereocenters. The maximum absolute atomic E-state index is 14.0. The van der Waals surface area contributed by atoms with Gasteiger partial charge in [-0.05, 0) is 29.8 Å². The number of hydrogen-bond donors (Lipinski definition) is 1. The average Bonchev–Trinajstić information content (AvgIpc) is 2.86. The molecule has 3 aromatic rings.